The SMILES string of the molecule is COc1ccc(OC)c(C(C)NC(=O)c2ccc(CSc3nccn3C)o2)c1. The second kappa shape index (κ2) is 8.88. The van der Waals surface area contributed by atoms with Crippen molar-refractivity contribution in [2.45, 2.75) is 23.9 Å². The number of carbonyl (C=O) groups is 1. The number of imidazole rings is 1. The highest BCUT2D eigenvalue weighted by molar-refractivity contribution is 7.98. The van der Waals surface area contributed by atoms with Gasteiger partial charge in [-0.3, -0.25) is 4.79 Å². The summed E-state index contributed by atoms with van der Waals surface area (Å²) >= 11 is 1.55. The average Bonchev–Trinajstić information content (AvgIpc) is 3.34. The van der Waals surface area contributed by atoms with Crippen LogP contribution >= 0.6 is 11.8 Å². The largest absolute Gasteiger partial charge is 0.497 e. The van der Waals surface area contributed by atoms with Crippen LogP contribution in [0.2, 0.25) is 0 Å². The van der Waals surface area contributed by atoms with Gasteiger partial charge in [0.15, 0.2) is 10.9 Å². The van der Waals surface area contributed by atoms with Gasteiger partial charge < -0.3 is 23.8 Å². The lowest BCUT2D eigenvalue weighted by Gasteiger charge is -2.17. The Bertz CT molecular complexity index is 951. The van der Waals surface area contributed by atoms with Crippen molar-refractivity contribution in [3.05, 3.63) is 59.8 Å². The molecule has 1 N–H and O–H groups in total. The zero-order valence-corrected chi connectivity index (χ0v) is 17.1. The van der Waals surface area contributed by atoms with Crippen LogP contribution in [-0.2, 0) is 12.8 Å². The number of hydrogen-bond donors (Lipinski definition) is 1. The lowest BCUT2D eigenvalue weighted by Crippen LogP contribution is -2.26. The summed E-state index contributed by atoms with van der Waals surface area (Å²) in [5, 5.41) is 3.83. The third-order valence-electron chi connectivity index (χ3n) is 4.26. The smallest absolute Gasteiger partial charge is 0.287 e. The van der Waals surface area contributed by atoms with E-state index < -0.39 is 0 Å². The van der Waals surface area contributed by atoms with Gasteiger partial charge in [-0.25, -0.2) is 4.98 Å². The van der Waals surface area contributed by atoms with E-state index in [-0.39, 0.29) is 17.7 Å². The van der Waals surface area contributed by atoms with Crippen molar-refractivity contribution in [3.8, 4) is 11.5 Å². The minimum absolute atomic E-state index is 0.268. The molecule has 0 aliphatic rings. The second-order valence-corrected chi connectivity index (χ2v) is 7.12. The van der Waals surface area contributed by atoms with Gasteiger partial charge in [0.2, 0.25) is 0 Å². The van der Waals surface area contributed by atoms with E-state index in [1.165, 1.54) is 0 Å². The number of hydrogen-bond acceptors (Lipinski definition) is 6. The normalized spacial score (nSPS) is 11.9. The Balaban J connectivity index is 1.65. The zero-order valence-electron chi connectivity index (χ0n) is 16.3. The maximum Gasteiger partial charge on any atom is 0.287 e. The first-order chi connectivity index (χ1) is 13.5. The van der Waals surface area contributed by atoms with Gasteiger partial charge in [-0.05, 0) is 37.3 Å². The lowest BCUT2D eigenvalue weighted by atomic mass is 10.1. The van der Waals surface area contributed by atoms with Gasteiger partial charge in [-0.1, -0.05) is 11.8 Å². The number of rotatable bonds is 8. The molecular weight excluding hydrogens is 378 g/mol. The zero-order chi connectivity index (χ0) is 20.1. The van der Waals surface area contributed by atoms with E-state index in [1.54, 1.807) is 38.2 Å². The molecule has 148 valence electrons. The predicted molar refractivity (Wildman–Crippen MR) is 107 cm³/mol. The Morgan fingerprint density at radius 2 is 2.11 bits per heavy atom. The van der Waals surface area contributed by atoms with Crippen molar-refractivity contribution < 1.29 is 18.7 Å². The number of amides is 1. The third-order valence-corrected chi connectivity index (χ3v) is 5.34. The predicted octanol–water partition coefficient (Wildman–Crippen LogP) is 3.81. The highest BCUT2D eigenvalue weighted by Crippen LogP contribution is 2.29. The van der Waals surface area contributed by atoms with Gasteiger partial charge in [0, 0.05) is 25.0 Å². The molecule has 7 nitrogen and oxygen atoms in total. The van der Waals surface area contributed by atoms with Crippen LogP contribution in [0, 0.1) is 0 Å². The lowest BCUT2D eigenvalue weighted by molar-refractivity contribution is 0.0910. The summed E-state index contributed by atoms with van der Waals surface area (Å²) in [6.45, 7) is 1.88. The van der Waals surface area contributed by atoms with Gasteiger partial charge in [0.25, 0.3) is 5.91 Å². The molecule has 0 bridgehead atoms. The monoisotopic (exact) mass is 401 g/mol. The van der Waals surface area contributed by atoms with Crippen LogP contribution < -0.4 is 14.8 Å². The van der Waals surface area contributed by atoms with Crippen molar-refractivity contribution in [2.75, 3.05) is 14.2 Å². The van der Waals surface area contributed by atoms with Gasteiger partial charge in [0.05, 0.1) is 26.0 Å². The van der Waals surface area contributed by atoms with Crippen LogP contribution in [0.4, 0.5) is 0 Å². The summed E-state index contributed by atoms with van der Waals surface area (Å²) < 4.78 is 18.3. The second-order valence-electron chi connectivity index (χ2n) is 6.18. The fraction of sp³-hybridized carbons (Fsp3) is 0.300. The van der Waals surface area contributed by atoms with Crippen LogP contribution in [0.25, 0.3) is 0 Å². The summed E-state index contributed by atoms with van der Waals surface area (Å²) in [6, 6.07) is 8.68. The van der Waals surface area contributed by atoms with E-state index in [0.29, 0.717) is 23.0 Å². The highest BCUT2D eigenvalue weighted by atomic mass is 32.2. The summed E-state index contributed by atoms with van der Waals surface area (Å²) in [4.78, 5) is 16.8. The number of aromatic nitrogens is 2. The number of aryl methyl sites for hydroxylation is 1. The van der Waals surface area contributed by atoms with E-state index >= 15 is 0 Å². The Hall–Kier alpha value is -2.87. The fourth-order valence-corrected chi connectivity index (χ4v) is 3.55. The maximum absolute atomic E-state index is 12.6. The highest BCUT2D eigenvalue weighted by Gasteiger charge is 2.18. The minimum Gasteiger partial charge on any atom is -0.497 e. The molecular formula is C20H23N3O4S. The average molecular weight is 401 g/mol. The Labute approximate surface area is 168 Å². The number of methoxy groups -OCH3 is 2. The van der Waals surface area contributed by atoms with E-state index in [9.17, 15) is 4.79 Å². The van der Waals surface area contributed by atoms with Crippen LogP contribution in [0.1, 0.15) is 34.8 Å². The van der Waals surface area contributed by atoms with Crippen molar-refractivity contribution in [2.24, 2.45) is 7.05 Å². The Morgan fingerprint density at radius 3 is 2.79 bits per heavy atom. The molecule has 0 saturated heterocycles. The molecule has 0 saturated carbocycles. The number of nitrogens with one attached hydrogen (secondary N) is 1. The van der Waals surface area contributed by atoms with Crippen molar-refractivity contribution >= 4 is 17.7 Å². The minimum atomic E-state index is -0.286. The maximum atomic E-state index is 12.6. The number of furan rings is 1. The topological polar surface area (TPSA) is 78.5 Å². The molecule has 0 fully saturated rings. The van der Waals surface area contributed by atoms with E-state index in [2.05, 4.69) is 10.3 Å². The summed E-state index contributed by atoms with van der Waals surface area (Å²) in [5.41, 5.74) is 0.826. The quantitative estimate of drug-likeness (QED) is 0.578. The molecule has 1 unspecified atom stereocenters. The molecule has 0 radical (unpaired) electrons. The Kier molecular flexibility index (Phi) is 6.30. The number of ether oxygens (including phenoxy) is 2. The van der Waals surface area contributed by atoms with Gasteiger partial charge >= 0.3 is 0 Å². The van der Waals surface area contributed by atoms with Crippen LogP contribution in [0.3, 0.4) is 0 Å². The summed E-state index contributed by atoms with van der Waals surface area (Å²) in [5.74, 6) is 2.67. The van der Waals surface area contributed by atoms with Gasteiger partial charge in [-0.2, -0.15) is 0 Å². The van der Waals surface area contributed by atoms with Crippen LogP contribution in [-0.4, -0.2) is 29.7 Å². The van der Waals surface area contributed by atoms with Gasteiger partial charge in [0.1, 0.15) is 17.3 Å². The first-order valence-corrected chi connectivity index (χ1v) is 9.72. The number of nitrogens with zero attached hydrogens (tertiary/aromatic N) is 2. The number of carbonyl (C=O) groups excluding carboxylic acids is 1. The molecule has 1 atom stereocenters. The fourth-order valence-electron chi connectivity index (χ4n) is 2.73. The molecule has 2 heterocycles. The van der Waals surface area contributed by atoms with Crippen LogP contribution in [0.15, 0.2) is 52.3 Å². The van der Waals surface area contributed by atoms with Gasteiger partial charge in [-0.15, -0.1) is 0 Å². The summed E-state index contributed by atoms with van der Waals surface area (Å²) in [6.07, 6.45) is 3.63. The van der Waals surface area contributed by atoms with Crippen LogP contribution in [0.5, 0.6) is 11.5 Å². The van der Waals surface area contributed by atoms with Crippen molar-refractivity contribution in [3.63, 3.8) is 0 Å². The molecule has 28 heavy (non-hydrogen) atoms. The molecule has 1 amide bonds. The molecule has 3 aromatic rings. The van der Waals surface area contributed by atoms with Crippen molar-refractivity contribution in [1.29, 1.82) is 0 Å². The standard InChI is InChI=1S/C20H23N3O4S/c1-13(16-11-14(25-3)5-7-17(16)26-4)22-19(24)18-8-6-15(27-18)12-28-20-21-9-10-23(20)2/h5-11,13H,12H2,1-4H3,(H,22,24). The molecule has 2 aromatic heterocycles. The van der Waals surface area contributed by atoms with Crippen molar-refractivity contribution in [1.82, 2.24) is 14.9 Å². The summed E-state index contributed by atoms with van der Waals surface area (Å²) in [7, 11) is 5.13. The molecule has 8 heteroatoms. The molecule has 0 spiro atoms. The first-order valence-electron chi connectivity index (χ1n) is 8.73. The molecule has 0 aliphatic carbocycles. The first kappa shape index (κ1) is 19.9. The molecule has 1 aromatic carbocycles. The molecule has 3 rings (SSSR count). The van der Waals surface area contributed by atoms with E-state index in [4.69, 9.17) is 13.9 Å². The molecule has 0 aliphatic heterocycles. The number of benzene rings is 1. The van der Waals surface area contributed by atoms with E-state index in [0.717, 1.165) is 10.7 Å². The third kappa shape index (κ3) is 4.51. The Morgan fingerprint density at radius 1 is 1.29 bits per heavy atom. The van der Waals surface area contributed by atoms with E-state index in [1.807, 2.05) is 49.0 Å². The number of thioether (sulfide) groups is 1.